The quantitative estimate of drug-likeness (QED) is 0.767. The smallest absolute Gasteiger partial charge is 0.229 e. The predicted octanol–water partition coefficient (Wildman–Crippen LogP) is 3.83. The van der Waals surface area contributed by atoms with E-state index < -0.39 is 5.82 Å². The Labute approximate surface area is 147 Å². The number of nitrogens with zero attached hydrogens (tertiary/aromatic N) is 4. The molecule has 3 rings (SSSR count). The number of benzene rings is 1. The molecule has 0 saturated carbocycles. The lowest BCUT2D eigenvalue weighted by Gasteiger charge is -2.09. The highest BCUT2D eigenvalue weighted by molar-refractivity contribution is 5.54. The summed E-state index contributed by atoms with van der Waals surface area (Å²) in [6.45, 7) is 4.82. The summed E-state index contributed by atoms with van der Waals surface area (Å²) in [6.07, 6.45) is 5.00. The average Bonchev–Trinajstić information content (AvgIpc) is 2.89. The van der Waals surface area contributed by atoms with Crippen molar-refractivity contribution in [1.29, 1.82) is 0 Å². The molecule has 0 bridgehead atoms. The lowest BCUT2D eigenvalue weighted by Crippen LogP contribution is -2.10. The molecule has 0 saturated heterocycles. The fourth-order valence-electron chi connectivity index (χ4n) is 2.68. The van der Waals surface area contributed by atoms with E-state index in [9.17, 15) is 4.39 Å². The van der Waals surface area contributed by atoms with Gasteiger partial charge in [0.2, 0.25) is 5.95 Å². The third-order valence-corrected chi connectivity index (χ3v) is 3.87. The fraction of sp³-hybridized carbons (Fsp3) is 0.263. The molecule has 5 nitrogen and oxygen atoms in total. The van der Waals surface area contributed by atoms with E-state index in [1.165, 1.54) is 6.20 Å². The van der Waals surface area contributed by atoms with Gasteiger partial charge in [-0.1, -0.05) is 12.1 Å². The van der Waals surface area contributed by atoms with Crippen LogP contribution in [0.5, 0.6) is 0 Å². The Kier molecular flexibility index (Phi) is 4.81. The second-order valence-electron chi connectivity index (χ2n) is 6.47. The van der Waals surface area contributed by atoms with Crippen LogP contribution >= 0.6 is 0 Å². The van der Waals surface area contributed by atoms with Gasteiger partial charge in [0, 0.05) is 24.6 Å². The number of aromatic nitrogens is 3. The number of hydrogen-bond acceptors (Lipinski definition) is 4. The maximum Gasteiger partial charge on any atom is 0.229 e. The number of rotatable bonds is 5. The minimum absolute atomic E-state index is 0.234. The normalized spacial score (nSPS) is 11.1. The van der Waals surface area contributed by atoms with Crippen molar-refractivity contribution in [3.05, 3.63) is 65.4 Å². The van der Waals surface area contributed by atoms with Crippen molar-refractivity contribution in [2.45, 2.75) is 20.4 Å². The summed E-state index contributed by atoms with van der Waals surface area (Å²) in [4.78, 5) is 10.5. The highest BCUT2D eigenvalue weighted by atomic mass is 19.1. The van der Waals surface area contributed by atoms with Crippen LogP contribution in [0, 0.1) is 19.7 Å². The number of anilines is 2. The van der Waals surface area contributed by atoms with E-state index in [4.69, 9.17) is 0 Å². The minimum Gasteiger partial charge on any atom is -0.324 e. The molecule has 25 heavy (non-hydrogen) atoms. The molecule has 1 aromatic carbocycles. The van der Waals surface area contributed by atoms with Gasteiger partial charge in [-0.15, -0.1) is 0 Å². The van der Waals surface area contributed by atoms with E-state index in [0.29, 0.717) is 5.95 Å². The molecule has 0 fully saturated rings. The summed E-state index contributed by atoms with van der Waals surface area (Å²) in [5.41, 5.74) is 4.23. The van der Waals surface area contributed by atoms with Crippen molar-refractivity contribution < 1.29 is 4.39 Å². The van der Waals surface area contributed by atoms with Gasteiger partial charge in [0.25, 0.3) is 0 Å². The fourth-order valence-corrected chi connectivity index (χ4v) is 2.68. The van der Waals surface area contributed by atoms with Crippen molar-refractivity contribution >= 4 is 11.6 Å². The second kappa shape index (κ2) is 7.03. The second-order valence-corrected chi connectivity index (χ2v) is 6.47. The van der Waals surface area contributed by atoms with Crippen LogP contribution in [-0.4, -0.2) is 33.5 Å². The molecule has 0 amide bonds. The maximum absolute atomic E-state index is 14.3. The van der Waals surface area contributed by atoms with Gasteiger partial charge in [-0.25, -0.2) is 9.37 Å². The van der Waals surface area contributed by atoms with Gasteiger partial charge in [0.15, 0.2) is 11.6 Å². The first-order valence-electron chi connectivity index (χ1n) is 8.11. The standard InChI is InChI=1S/C19H22FN5/c1-13-6-5-7-16(8-13)22-19-21-9-17(20)18(23-19)25-10-14(2)15(12-25)11-24(3)4/h5-10,12H,11H2,1-4H3,(H,21,22,23). The van der Waals surface area contributed by atoms with Crippen LogP contribution in [0.15, 0.2) is 42.9 Å². The molecular formula is C19H22FN5. The van der Waals surface area contributed by atoms with Crippen LogP contribution in [-0.2, 0) is 6.54 Å². The molecule has 0 atom stereocenters. The summed E-state index contributed by atoms with van der Waals surface area (Å²) in [5.74, 6) is 0.141. The summed E-state index contributed by atoms with van der Waals surface area (Å²) in [6, 6.07) is 7.87. The molecule has 0 aliphatic rings. The first-order valence-corrected chi connectivity index (χ1v) is 8.11. The van der Waals surface area contributed by atoms with Crippen molar-refractivity contribution in [1.82, 2.24) is 19.4 Å². The van der Waals surface area contributed by atoms with Crippen molar-refractivity contribution in [2.75, 3.05) is 19.4 Å². The molecule has 0 unspecified atom stereocenters. The lowest BCUT2D eigenvalue weighted by molar-refractivity contribution is 0.401. The highest BCUT2D eigenvalue weighted by Gasteiger charge is 2.12. The van der Waals surface area contributed by atoms with Gasteiger partial charge in [0.05, 0.1) is 6.20 Å². The summed E-state index contributed by atoms with van der Waals surface area (Å²) in [5, 5.41) is 3.13. The molecule has 0 aliphatic carbocycles. The van der Waals surface area contributed by atoms with Crippen LogP contribution in [0.4, 0.5) is 16.0 Å². The first-order chi connectivity index (χ1) is 11.9. The average molecular weight is 339 g/mol. The number of nitrogens with one attached hydrogen (secondary N) is 1. The summed E-state index contributed by atoms with van der Waals surface area (Å²) < 4.78 is 16.0. The van der Waals surface area contributed by atoms with Crippen molar-refractivity contribution in [3.63, 3.8) is 0 Å². The largest absolute Gasteiger partial charge is 0.324 e. The number of hydrogen-bond donors (Lipinski definition) is 1. The monoisotopic (exact) mass is 339 g/mol. The third kappa shape index (κ3) is 4.03. The zero-order chi connectivity index (χ0) is 18.0. The van der Waals surface area contributed by atoms with E-state index in [0.717, 1.165) is 28.9 Å². The molecular weight excluding hydrogens is 317 g/mol. The van der Waals surface area contributed by atoms with Crippen LogP contribution in [0.2, 0.25) is 0 Å². The van der Waals surface area contributed by atoms with Crippen molar-refractivity contribution in [3.8, 4) is 5.82 Å². The van der Waals surface area contributed by atoms with Crippen LogP contribution in [0.3, 0.4) is 0 Å². The van der Waals surface area contributed by atoms with E-state index in [-0.39, 0.29) is 5.82 Å². The van der Waals surface area contributed by atoms with Gasteiger partial charge in [-0.05, 0) is 56.8 Å². The van der Waals surface area contributed by atoms with Crippen LogP contribution in [0.1, 0.15) is 16.7 Å². The molecule has 3 aromatic rings. The zero-order valence-electron chi connectivity index (χ0n) is 14.9. The number of aryl methyl sites for hydroxylation is 2. The SMILES string of the molecule is Cc1cccc(Nc2ncc(F)c(-n3cc(C)c(CN(C)C)c3)n2)c1. The van der Waals surface area contributed by atoms with E-state index in [1.54, 1.807) is 4.57 Å². The highest BCUT2D eigenvalue weighted by Crippen LogP contribution is 2.20. The van der Waals surface area contributed by atoms with E-state index in [2.05, 4.69) is 20.2 Å². The predicted molar refractivity (Wildman–Crippen MR) is 97.9 cm³/mol. The Morgan fingerprint density at radius 2 is 2.00 bits per heavy atom. The Balaban J connectivity index is 1.92. The Hall–Kier alpha value is -2.73. The molecule has 6 heteroatoms. The van der Waals surface area contributed by atoms with Gasteiger partial charge < -0.3 is 14.8 Å². The molecule has 0 radical (unpaired) electrons. The van der Waals surface area contributed by atoms with Crippen molar-refractivity contribution in [2.24, 2.45) is 0 Å². The third-order valence-electron chi connectivity index (χ3n) is 3.87. The van der Waals surface area contributed by atoms with Gasteiger partial charge in [0.1, 0.15) is 0 Å². The molecule has 0 spiro atoms. The molecule has 2 aromatic heterocycles. The Morgan fingerprint density at radius 1 is 1.20 bits per heavy atom. The summed E-state index contributed by atoms with van der Waals surface area (Å²) in [7, 11) is 4.01. The van der Waals surface area contributed by atoms with E-state index >= 15 is 0 Å². The first kappa shape index (κ1) is 17.1. The summed E-state index contributed by atoms with van der Waals surface area (Å²) >= 11 is 0. The maximum atomic E-state index is 14.3. The minimum atomic E-state index is -0.457. The molecule has 2 heterocycles. The molecule has 1 N–H and O–H groups in total. The Bertz CT molecular complexity index is 885. The van der Waals surface area contributed by atoms with Gasteiger partial charge in [-0.3, -0.25) is 0 Å². The Morgan fingerprint density at radius 3 is 2.72 bits per heavy atom. The van der Waals surface area contributed by atoms with E-state index in [1.807, 2.05) is 64.6 Å². The molecule has 130 valence electrons. The topological polar surface area (TPSA) is 46.0 Å². The van der Waals surface area contributed by atoms with Gasteiger partial charge >= 0.3 is 0 Å². The zero-order valence-corrected chi connectivity index (χ0v) is 14.9. The lowest BCUT2D eigenvalue weighted by atomic mass is 10.2. The number of halogens is 1. The molecule has 0 aliphatic heterocycles. The van der Waals surface area contributed by atoms with Crippen LogP contribution in [0.25, 0.3) is 5.82 Å². The van der Waals surface area contributed by atoms with Gasteiger partial charge in [-0.2, -0.15) is 4.98 Å². The van der Waals surface area contributed by atoms with Crippen LogP contribution < -0.4 is 5.32 Å².